The zero-order valence-corrected chi connectivity index (χ0v) is 13.1. The van der Waals surface area contributed by atoms with Crippen LogP contribution in [0.2, 0.25) is 0 Å². The third-order valence-corrected chi connectivity index (χ3v) is 3.98. The number of nitrogen functional groups attached to an aromatic ring is 1. The molecule has 23 heavy (non-hydrogen) atoms. The first-order chi connectivity index (χ1) is 11.2. The number of anilines is 2. The smallest absolute Gasteiger partial charge is 0.272 e. The minimum atomic E-state index is -0.0722. The number of carbonyl (C=O) groups is 1. The highest BCUT2D eigenvalue weighted by atomic mass is 16.5. The lowest BCUT2D eigenvalue weighted by Gasteiger charge is -2.36. The van der Waals surface area contributed by atoms with Gasteiger partial charge in [0.05, 0.1) is 12.8 Å². The Kier molecular flexibility index (Phi) is 4.32. The summed E-state index contributed by atoms with van der Waals surface area (Å²) in [4.78, 5) is 20.6. The minimum Gasteiger partial charge on any atom is -0.495 e. The number of pyridine rings is 1. The average Bonchev–Trinajstić information content (AvgIpc) is 2.61. The second-order valence-corrected chi connectivity index (χ2v) is 5.40. The number of nitrogens with zero attached hydrogens (tertiary/aromatic N) is 3. The minimum absolute atomic E-state index is 0.0722. The van der Waals surface area contributed by atoms with E-state index in [1.165, 1.54) is 0 Å². The van der Waals surface area contributed by atoms with Crippen molar-refractivity contribution in [2.75, 3.05) is 43.9 Å². The van der Waals surface area contributed by atoms with Gasteiger partial charge in [0.15, 0.2) is 0 Å². The molecule has 1 aromatic carbocycles. The van der Waals surface area contributed by atoms with Gasteiger partial charge in [0, 0.05) is 26.2 Å². The monoisotopic (exact) mass is 312 g/mol. The Morgan fingerprint density at radius 1 is 1.09 bits per heavy atom. The molecule has 1 saturated heterocycles. The van der Waals surface area contributed by atoms with Gasteiger partial charge >= 0.3 is 0 Å². The van der Waals surface area contributed by atoms with E-state index in [0.29, 0.717) is 24.6 Å². The van der Waals surface area contributed by atoms with Crippen molar-refractivity contribution >= 4 is 17.4 Å². The summed E-state index contributed by atoms with van der Waals surface area (Å²) >= 11 is 0. The van der Waals surface area contributed by atoms with Crippen LogP contribution in [0.3, 0.4) is 0 Å². The van der Waals surface area contributed by atoms with Gasteiger partial charge in [-0.15, -0.1) is 0 Å². The molecule has 2 heterocycles. The Hall–Kier alpha value is -2.76. The first kappa shape index (κ1) is 15.1. The van der Waals surface area contributed by atoms with E-state index in [9.17, 15) is 4.79 Å². The number of hydrogen-bond donors (Lipinski definition) is 1. The summed E-state index contributed by atoms with van der Waals surface area (Å²) in [6.07, 6.45) is 0. The van der Waals surface area contributed by atoms with Crippen molar-refractivity contribution < 1.29 is 9.53 Å². The molecular weight excluding hydrogens is 292 g/mol. The Labute approximate surface area is 135 Å². The summed E-state index contributed by atoms with van der Waals surface area (Å²) in [5, 5.41) is 0. The number of aromatic nitrogens is 1. The fourth-order valence-electron chi connectivity index (χ4n) is 2.77. The van der Waals surface area contributed by atoms with E-state index in [1.807, 2.05) is 29.2 Å². The van der Waals surface area contributed by atoms with Crippen molar-refractivity contribution in [1.82, 2.24) is 9.88 Å². The lowest BCUT2D eigenvalue weighted by Crippen LogP contribution is -2.49. The largest absolute Gasteiger partial charge is 0.495 e. The van der Waals surface area contributed by atoms with E-state index >= 15 is 0 Å². The lowest BCUT2D eigenvalue weighted by molar-refractivity contribution is 0.0741. The molecule has 1 aliphatic rings. The zero-order valence-electron chi connectivity index (χ0n) is 13.1. The summed E-state index contributed by atoms with van der Waals surface area (Å²) in [6.45, 7) is 2.81. The highest BCUT2D eigenvalue weighted by Gasteiger charge is 2.24. The van der Waals surface area contributed by atoms with Gasteiger partial charge in [0.2, 0.25) is 0 Å². The van der Waals surface area contributed by atoms with Crippen LogP contribution in [0, 0.1) is 0 Å². The summed E-state index contributed by atoms with van der Waals surface area (Å²) < 4.78 is 5.41. The van der Waals surface area contributed by atoms with Crippen molar-refractivity contribution in [3.8, 4) is 5.75 Å². The predicted molar refractivity (Wildman–Crippen MR) is 89.8 cm³/mol. The first-order valence-electron chi connectivity index (χ1n) is 7.59. The molecule has 0 saturated carbocycles. The van der Waals surface area contributed by atoms with Gasteiger partial charge in [-0.25, -0.2) is 4.98 Å². The van der Waals surface area contributed by atoms with Crippen LogP contribution in [0.1, 0.15) is 10.5 Å². The van der Waals surface area contributed by atoms with Crippen LogP contribution < -0.4 is 15.4 Å². The summed E-state index contributed by atoms with van der Waals surface area (Å²) in [7, 11) is 1.67. The third-order valence-electron chi connectivity index (χ3n) is 3.98. The van der Waals surface area contributed by atoms with E-state index in [1.54, 1.807) is 25.3 Å². The Bertz CT molecular complexity index is 696. The first-order valence-corrected chi connectivity index (χ1v) is 7.59. The summed E-state index contributed by atoms with van der Waals surface area (Å²) in [6, 6.07) is 13.1. The number of hydrogen-bond acceptors (Lipinski definition) is 5. The average molecular weight is 312 g/mol. The molecule has 120 valence electrons. The molecule has 6 heteroatoms. The molecular formula is C17H20N4O2. The SMILES string of the molecule is COc1ccccc1N1CCN(C(=O)c2cccc(N)n2)CC1. The highest BCUT2D eigenvalue weighted by Crippen LogP contribution is 2.28. The topological polar surface area (TPSA) is 71.7 Å². The Morgan fingerprint density at radius 3 is 2.52 bits per heavy atom. The molecule has 0 spiro atoms. The number of piperazine rings is 1. The van der Waals surface area contributed by atoms with Crippen LogP contribution in [-0.4, -0.2) is 49.1 Å². The third kappa shape index (κ3) is 3.21. The van der Waals surface area contributed by atoms with E-state index in [4.69, 9.17) is 10.5 Å². The van der Waals surface area contributed by atoms with Crippen LogP contribution in [0.25, 0.3) is 0 Å². The van der Waals surface area contributed by atoms with Gasteiger partial charge < -0.3 is 20.3 Å². The Balaban J connectivity index is 1.67. The maximum Gasteiger partial charge on any atom is 0.272 e. The number of amides is 1. The molecule has 1 fully saturated rings. The molecule has 1 aliphatic heterocycles. The van der Waals surface area contributed by atoms with Gasteiger partial charge in [-0.3, -0.25) is 4.79 Å². The van der Waals surface area contributed by atoms with Crippen LogP contribution in [-0.2, 0) is 0 Å². The number of ether oxygens (including phenoxy) is 1. The molecule has 3 rings (SSSR count). The molecule has 0 atom stereocenters. The molecule has 0 aliphatic carbocycles. The normalized spacial score (nSPS) is 14.7. The highest BCUT2D eigenvalue weighted by molar-refractivity contribution is 5.92. The molecule has 0 radical (unpaired) electrons. The Morgan fingerprint density at radius 2 is 1.83 bits per heavy atom. The maximum atomic E-state index is 12.5. The number of para-hydroxylation sites is 2. The fourth-order valence-corrected chi connectivity index (χ4v) is 2.77. The van der Waals surface area contributed by atoms with Gasteiger partial charge in [-0.1, -0.05) is 18.2 Å². The van der Waals surface area contributed by atoms with Crippen LogP contribution in [0.4, 0.5) is 11.5 Å². The number of nitrogens with two attached hydrogens (primary N) is 1. The molecule has 2 N–H and O–H groups in total. The van der Waals surface area contributed by atoms with Crippen LogP contribution in [0.5, 0.6) is 5.75 Å². The van der Waals surface area contributed by atoms with Crippen LogP contribution in [0.15, 0.2) is 42.5 Å². The van der Waals surface area contributed by atoms with E-state index in [2.05, 4.69) is 9.88 Å². The lowest BCUT2D eigenvalue weighted by atomic mass is 10.2. The molecule has 2 aromatic rings. The fraction of sp³-hybridized carbons (Fsp3) is 0.294. The number of methoxy groups -OCH3 is 1. The van der Waals surface area contributed by atoms with Gasteiger partial charge in [-0.2, -0.15) is 0 Å². The quantitative estimate of drug-likeness (QED) is 0.933. The number of benzene rings is 1. The predicted octanol–water partition coefficient (Wildman–Crippen LogP) is 1.63. The second-order valence-electron chi connectivity index (χ2n) is 5.40. The van der Waals surface area contributed by atoms with Gasteiger partial charge in [0.25, 0.3) is 5.91 Å². The summed E-state index contributed by atoms with van der Waals surface area (Å²) in [5.74, 6) is 1.14. The van der Waals surface area contributed by atoms with Crippen molar-refractivity contribution in [2.24, 2.45) is 0 Å². The number of rotatable bonds is 3. The van der Waals surface area contributed by atoms with Crippen molar-refractivity contribution in [2.45, 2.75) is 0 Å². The zero-order chi connectivity index (χ0) is 16.2. The molecule has 0 bridgehead atoms. The van der Waals surface area contributed by atoms with E-state index in [0.717, 1.165) is 24.5 Å². The summed E-state index contributed by atoms with van der Waals surface area (Å²) in [5.41, 5.74) is 7.11. The van der Waals surface area contributed by atoms with E-state index < -0.39 is 0 Å². The van der Waals surface area contributed by atoms with E-state index in [-0.39, 0.29) is 5.91 Å². The maximum absolute atomic E-state index is 12.5. The standard InChI is InChI=1S/C17H20N4O2/c1-23-15-7-3-2-6-14(15)20-9-11-21(12-10-20)17(22)13-5-4-8-16(18)19-13/h2-8H,9-12H2,1H3,(H2,18,19). The van der Waals surface area contributed by atoms with Crippen molar-refractivity contribution in [3.05, 3.63) is 48.2 Å². The molecule has 1 aromatic heterocycles. The van der Waals surface area contributed by atoms with Gasteiger partial charge in [0.1, 0.15) is 17.3 Å². The second kappa shape index (κ2) is 6.56. The van der Waals surface area contributed by atoms with Crippen molar-refractivity contribution in [1.29, 1.82) is 0 Å². The van der Waals surface area contributed by atoms with Gasteiger partial charge in [-0.05, 0) is 24.3 Å². The molecule has 1 amide bonds. The molecule has 6 nitrogen and oxygen atoms in total. The molecule has 0 unspecified atom stereocenters. The number of carbonyl (C=O) groups excluding carboxylic acids is 1. The van der Waals surface area contributed by atoms with Crippen molar-refractivity contribution in [3.63, 3.8) is 0 Å². The van der Waals surface area contributed by atoms with Crippen LogP contribution >= 0.6 is 0 Å².